The van der Waals surface area contributed by atoms with Gasteiger partial charge in [-0.05, 0) is 62.9 Å². The molecule has 0 amide bonds. The molecule has 1 saturated carbocycles. The molecule has 6 nitrogen and oxygen atoms in total. The van der Waals surface area contributed by atoms with Crippen LogP contribution in [0.25, 0.3) is 21.9 Å². The van der Waals surface area contributed by atoms with E-state index in [0.29, 0.717) is 16.1 Å². The van der Waals surface area contributed by atoms with Crippen molar-refractivity contribution in [1.29, 1.82) is 0 Å². The molecule has 2 atom stereocenters. The van der Waals surface area contributed by atoms with E-state index in [1.165, 1.54) is 6.07 Å². The highest BCUT2D eigenvalue weighted by atomic mass is 35.5. The molecule has 1 aliphatic rings. The largest absolute Gasteiger partial charge is 0.433 e. The van der Waals surface area contributed by atoms with E-state index in [4.69, 9.17) is 11.6 Å². The maximum atomic E-state index is 13.5. The Morgan fingerprint density at radius 1 is 1.03 bits per heavy atom. The summed E-state index contributed by atoms with van der Waals surface area (Å²) in [6, 6.07) is 7.80. The molecular weight excluding hydrogens is 465 g/mol. The number of anilines is 2. The first-order valence-electron chi connectivity index (χ1n) is 11.2. The highest BCUT2D eigenvalue weighted by Crippen LogP contribution is 2.35. The Balaban J connectivity index is 1.41. The number of pyridine rings is 2. The summed E-state index contributed by atoms with van der Waals surface area (Å²) in [5, 5.41) is 7.93. The lowest BCUT2D eigenvalue weighted by molar-refractivity contribution is -0.140. The van der Waals surface area contributed by atoms with Crippen LogP contribution in [-0.2, 0) is 13.2 Å². The fourth-order valence-corrected chi connectivity index (χ4v) is 4.88. The van der Waals surface area contributed by atoms with Crippen LogP contribution in [0.2, 0.25) is 5.02 Å². The number of nitrogens with one attached hydrogen (secondary N) is 2. The van der Waals surface area contributed by atoms with Gasteiger partial charge in [0.15, 0.2) is 5.82 Å². The summed E-state index contributed by atoms with van der Waals surface area (Å²) in [5.41, 5.74) is 1.56. The number of aromatic nitrogens is 4. The number of aryl methyl sites for hydroxylation is 2. The normalized spacial score (nSPS) is 19.0. The summed E-state index contributed by atoms with van der Waals surface area (Å²) in [6.07, 6.45) is 0.677. The van der Waals surface area contributed by atoms with Gasteiger partial charge in [-0.15, -0.1) is 0 Å². The molecule has 0 radical (unpaired) electrons. The summed E-state index contributed by atoms with van der Waals surface area (Å²) in [5.74, 6) is 1.67. The molecule has 5 rings (SSSR count). The van der Waals surface area contributed by atoms with Crippen LogP contribution in [0, 0.1) is 6.92 Å². The summed E-state index contributed by atoms with van der Waals surface area (Å²) in [6.45, 7) is 1.95. The third-order valence-electron chi connectivity index (χ3n) is 6.44. The van der Waals surface area contributed by atoms with E-state index in [-0.39, 0.29) is 17.6 Å². The van der Waals surface area contributed by atoms with Crippen LogP contribution in [0.4, 0.5) is 24.7 Å². The Bertz CT molecular complexity index is 1370. The lowest BCUT2D eigenvalue weighted by Crippen LogP contribution is -2.34. The fourth-order valence-electron chi connectivity index (χ4n) is 4.71. The molecule has 10 heteroatoms. The summed E-state index contributed by atoms with van der Waals surface area (Å²) >= 11 is 6.14. The van der Waals surface area contributed by atoms with Crippen molar-refractivity contribution in [1.82, 2.24) is 19.5 Å². The van der Waals surface area contributed by atoms with Gasteiger partial charge in [0.05, 0.1) is 11.0 Å². The summed E-state index contributed by atoms with van der Waals surface area (Å²) in [4.78, 5) is 12.9. The molecule has 4 aromatic rings. The number of alkyl halides is 3. The molecule has 178 valence electrons. The van der Waals surface area contributed by atoms with Gasteiger partial charge < -0.3 is 15.2 Å². The standard InChI is InChI=1S/C24H24ClF3N6/c1-13-30-19-8-9-29-23(22(19)34(13)2)32-16-5-3-4-15(11-16)31-20-12-21(24(26,27)28)33-18-7-6-14(25)10-17(18)20/h6-10,12,15-16H,3-5,11H2,1-2H3,(H,29,32)(H,31,33)/t15-,16+/m0/s1. The number of hydrogen-bond acceptors (Lipinski definition) is 5. The van der Waals surface area contributed by atoms with E-state index in [2.05, 4.69) is 25.6 Å². The zero-order valence-electron chi connectivity index (χ0n) is 18.7. The van der Waals surface area contributed by atoms with E-state index in [9.17, 15) is 13.2 Å². The van der Waals surface area contributed by atoms with Crippen LogP contribution < -0.4 is 10.6 Å². The first-order chi connectivity index (χ1) is 16.2. The Morgan fingerprint density at radius 2 is 1.79 bits per heavy atom. The van der Waals surface area contributed by atoms with Gasteiger partial charge in [-0.2, -0.15) is 13.2 Å². The van der Waals surface area contributed by atoms with Crippen molar-refractivity contribution < 1.29 is 13.2 Å². The molecule has 1 aromatic carbocycles. The van der Waals surface area contributed by atoms with Crippen LogP contribution in [-0.4, -0.2) is 31.6 Å². The first-order valence-corrected chi connectivity index (χ1v) is 11.6. The van der Waals surface area contributed by atoms with E-state index < -0.39 is 11.9 Å². The predicted octanol–water partition coefficient (Wildman–Crippen LogP) is 6.33. The van der Waals surface area contributed by atoms with Crippen molar-refractivity contribution >= 4 is 45.0 Å². The average molecular weight is 489 g/mol. The molecule has 1 aliphatic carbocycles. The number of rotatable bonds is 4. The number of halogens is 4. The van der Waals surface area contributed by atoms with Crippen LogP contribution in [0.3, 0.4) is 0 Å². The van der Waals surface area contributed by atoms with Crippen LogP contribution in [0.15, 0.2) is 36.5 Å². The Kier molecular flexibility index (Phi) is 5.75. The third kappa shape index (κ3) is 4.36. The van der Waals surface area contributed by atoms with Crippen LogP contribution in [0.1, 0.15) is 37.2 Å². The minimum atomic E-state index is -4.54. The molecule has 1 fully saturated rings. The number of imidazole rings is 1. The topological polar surface area (TPSA) is 67.7 Å². The Morgan fingerprint density at radius 3 is 2.56 bits per heavy atom. The number of fused-ring (bicyclic) bond motifs is 2. The Hall–Kier alpha value is -3.07. The second-order valence-corrected chi connectivity index (χ2v) is 9.25. The molecule has 0 saturated heterocycles. The quantitative estimate of drug-likeness (QED) is 0.351. The SMILES string of the molecule is Cc1nc2ccnc(N[C@@H]3CCC[C@H](Nc4cc(C(F)(F)F)nc5ccc(Cl)cc45)C3)c2n1C. The molecule has 34 heavy (non-hydrogen) atoms. The second-order valence-electron chi connectivity index (χ2n) is 8.81. The smallest absolute Gasteiger partial charge is 0.382 e. The van der Waals surface area contributed by atoms with Gasteiger partial charge in [-0.3, -0.25) is 0 Å². The van der Waals surface area contributed by atoms with E-state index in [0.717, 1.165) is 54.4 Å². The van der Waals surface area contributed by atoms with Gasteiger partial charge in [0.1, 0.15) is 17.0 Å². The first kappa shape index (κ1) is 22.7. The third-order valence-corrected chi connectivity index (χ3v) is 6.68. The van der Waals surface area contributed by atoms with Gasteiger partial charge >= 0.3 is 6.18 Å². The monoisotopic (exact) mass is 488 g/mol. The van der Waals surface area contributed by atoms with E-state index in [1.54, 1.807) is 18.3 Å². The Labute approximate surface area is 199 Å². The molecule has 2 N–H and O–H groups in total. The maximum Gasteiger partial charge on any atom is 0.433 e. The van der Waals surface area contributed by atoms with Crippen molar-refractivity contribution in [3.8, 4) is 0 Å². The fraction of sp³-hybridized carbons (Fsp3) is 0.375. The molecular formula is C24H24ClF3N6. The second kappa shape index (κ2) is 8.61. The number of nitrogens with zero attached hydrogens (tertiary/aromatic N) is 4. The maximum absolute atomic E-state index is 13.5. The van der Waals surface area contributed by atoms with Crippen molar-refractivity contribution in [2.75, 3.05) is 10.6 Å². The van der Waals surface area contributed by atoms with Crippen molar-refractivity contribution in [2.45, 2.75) is 50.9 Å². The van der Waals surface area contributed by atoms with Crippen molar-refractivity contribution in [2.24, 2.45) is 7.05 Å². The lowest BCUT2D eigenvalue weighted by Gasteiger charge is -2.32. The molecule has 0 spiro atoms. The summed E-state index contributed by atoms with van der Waals surface area (Å²) < 4.78 is 42.4. The van der Waals surface area contributed by atoms with Gasteiger partial charge in [0.2, 0.25) is 0 Å². The number of benzene rings is 1. The summed E-state index contributed by atoms with van der Waals surface area (Å²) in [7, 11) is 1.96. The van der Waals surface area contributed by atoms with E-state index in [1.807, 2.05) is 24.6 Å². The highest BCUT2D eigenvalue weighted by molar-refractivity contribution is 6.31. The molecule has 0 bridgehead atoms. The molecule has 3 heterocycles. The van der Waals surface area contributed by atoms with Gasteiger partial charge in [0.25, 0.3) is 0 Å². The molecule has 0 aliphatic heterocycles. The molecule has 3 aromatic heterocycles. The van der Waals surface area contributed by atoms with Crippen molar-refractivity contribution in [3.05, 3.63) is 53.1 Å². The average Bonchev–Trinajstić information content (AvgIpc) is 3.08. The minimum Gasteiger partial charge on any atom is -0.382 e. The minimum absolute atomic E-state index is 0.00982. The van der Waals surface area contributed by atoms with Gasteiger partial charge in [-0.1, -0.05) is 11.6 Å². The van der Waals surface area contributed by atoms with E-state index >= 15 is 0 Å². The molecule has 0 unspecified atom stereocenters. The van der Waals surface area contributed by atoms with Crippen LogP contribution >= 0.6 is 11.6 Å². The zero-order valence-corrected chi connectivity index (χ0v) is 19.5. The highest BCUT2D eigenvalue weighted by Gasteiger charge is 2.34. The zero-order chi connectivity index (χ0) is 24.0. The number of hydrogen-bond donors (Lipinski definition) is 2. The van der Waals surface area contributed by atoms with Gasteiger partial charge in [-0.25, -0.2) is 15.0 Å². The van der Waals surface area contributed by atoms with Crippen LogP contribution in [0.5, 0.6) is 0 Å². The predicted molar refractivity (Wildman–Crippen MR) is 128 cm³/mol. The lowest BCUT2D eigenvalue weighted by atomic mass is 9.90. The van der Waals surface area contributed by atoms with Crippen molar-refractivity contribution in [3.63, 3.8) is 0 Å². The van der Waals surface area contributed by atoms with Gasteiger partial charge in [0, 0.05) is 41.4 Å².